The lowest BCUT2D eigenvalue weighted by molar-refractivity contribution is -0.384. The Morgan fingerprint density at radius 3 is 2.48 bits per heavy atom. The van der Waals surface area contributed by atoms with Crippen molar-refractivity contribution in [3.63, 3.8) is 0 Å². The molecule has 0 aromatic heterocycles. The summed E-state index contributed by atoms with van der Waals surface area (Å²) in [5.41, 5.74) is 3.40. The molecular formula is C18H20ClN3O3. The fraction of sp³-hybridized carbons (Fsp3) is 0.278. The van der Waals surface area contributed by atoms with Gasteiger partial charge in [0.05, 0.1) is 11.5 Å². The van der Waals surface area contributed by atoms with Gasteiger partial charge in [-0.1, -0.05) is 29.8 Å². The van der Waals surface area contributed by atoms with Crippen molar-refractivity contribution >= 4 is 28.9 Å². The molecule has 0 aliphatic carbocycles. The molecule has 7 heteroatoms. The van der Waals surface area contributed by atoms with Gasteiger partial charge in [-0.05, 0) is 43.7 Å². The van der Waals surface area contributed by atoms with Gasteiger partial charge >= 0.3 is 0 Å². The Morgan fingerprint density at radius 2 is 1.88 bits per heavy atom. The number of likely N-dealkylation sites (N-methyl/N-ethyl adjacent to an activating group) is 1. The average Bonchev–Trinajstić information content (AvgIpc) is 2.53. The molecule has 6 nitrogen and oxygen atoms in total. The summed E-state index contributed by atoms with van der Waals surface area (Å²) in [6.07, 6.45) is 0. The molecule has 2 rings (SSSR count). The maximum atomic E-state index is 12.3. The predicted molar refractivity (Wildman–Crippen MR) is 99.0 cm³/mol. The topological polar surface area (TPSA) is 75.5 Å². The lowest BCUT2D eigenvalue weighted by Gasteiger charge is -2.18. The van der Waals surface area contributed by atoms with Gasteiger partial charge in [-0.15, -0.1) is 0 Å². The highest BCUT2D eigenvalue weighted by Crippen LogP contribution is 2.23. The van der Waals surface area contributed by atoms with E-state index in [0.717, 1.165) is 16.8 Å². The zero-order valence-electron chi connectivity index (χ0n) is 14.4. The predicted octanol–water partition coefficient (Wildman–Crippen LogP) is 3.94. The van der Waals surface area contributed by atoms with Crippen molar-refractivity contribution in [2.24, 2.45) is 0 Å². The summed E-state index contributed by atoms with van der Waals surface area (Å²) >= 11 is 6.10. The third-order valence-corrected chi connectivity index (χ3v) is 4.21. The quantitative estimate of drug-likeness (QED) is 0.624. The van der Waals surface area contributed by atoms with E-state index < -0.39 is 4.92 Å². The Labute approximate surface area is 151 Å². The second kappa shape index (κ2) is 8.09. The molecule has 0 fully saturated rings. The normalized spacial score (nSPS) is 10.8. The van der Waals surface area contributed by atoms with Crippen molar-refractivity contribution in [3.05, 3.63) is 68.2 Å². The van der Waals surface area contributed by atoms with Crippen LogP contribution in [0.2, 0.25) is 5.02 Å². The average molecular weight is 362 g/mol. The van der Waals surface area contributed by atoms with E-state index in [1.807, 2.05) is 32.0 Å². The number of nitrogens with one attached hydrogen (secondary N) is 1. The number of para-hydroxylation sites is 1. The molecule has 1 N–H and O–H groups in total. The van der Waals surface area contributed by atoms with Gasteiger partial charge in [-0.25, -0.2) is 0 Å². The number of anilines is 1. The highest BCUT2D eigenvalue weighted by atomic mass is 35.5. The van der Waals surface area contributed by atoms with Gasteiger partial charge < -0.3 is 5.32 Å². The standard InChI is InChI=1S/C18H20ClN3O3/c1-12-5-4-6-13(2)18(12)20-17(23)11-21(3)10-14-9-15(22(24)25)7-8-16(14)19/h4-9H,10-11H2,1-3H3,(H,20,23). The van der Waals surface area contributed by atoms with Crippen molar-refractivity contribution < 1.29 is 9.72 Å². The van der Waals surface area contributed by atoms with Gasteiger partial charge in [0.2, 0.25) is 5.91 Å². The SMILES string of the molecule is Cc1cccc(C)c1NC(=O)CN(C)Cc1cc([N+](=O)[O-])ccc1Cl. The minimum Gasteiger partial charge on any atom is -0.324 e. The number of nitro groups is 1. The van der Waals surface area contributed by atoms with Crippen LogP contribution in [0.5, 0.6) is 0 Å². The Kier molecular flexibility index (Phi) is 6.12. The third-order valence-electron chi connectivity index (χ3n) is 3.84. The molecule has 25 heavy (non-hydrogen) atoms. The number of benzene rings is 2. The maximum Gasteiger partial charge on any atom is 0.269 e. The monoisotopic (exact) mass is 361 g/mol. The van der Waals surface area contributed by atoms with Crippen LogP contribution < -0.4 is 5.32 Å². The van der Waals surface area contributed by atoms with E-state index >= 15 is 0 Å². The third kappa shape index (κ3) is 5.01. The minimum absolute atomic E-state index is 0.0206. The number of nitro benzene ring substituents is 1. The van der Waals surface area contributed by atoms with Crippen LogP contribution in [0.1, 0.15) is 16.7 Å². The van der Waals surface area contributed by atoms with Gasteiger partial charge in [0.15, 0.2) is 0 Å². The van der Waals surface area contributed by atoms with Gasteiger partial charge in [-0.3, -0.25) is 19.8 Å². The number of carbonyl (C=O) groups excluding carboxylic acids is 1. The Balaban J connectivity index is 2.03. The van der Waals surface area contributed by atoms with Crippen LogP contribution in [-0.2, 0) is 11.3 Å². The van der Waals surface area contributed by atoms with Crippen molar-refractivity contribution in [1.82, 2.24) is 4.90 Å². The second-order valence-electron chi connectivity index (χ2n) is 6.02. The Hall–Kier alpha value is -2.44. The molecule has 0 unspecified atom stereocenters. The number of nitrogens with zero attached hydrogens (tertiary/aromatic N) is 2. The van der Waals surface area contributed by atoms with E-state index in [1.54, 1.807) is 11.9 Å². The van der Waals surface area contributed by atoms with Crippen molar-refractivity contribution in [3.8, 4) is 0 Å². The molecule has 0 spiro atoms. The second-order valence-corrected chi connectivity index (χ2v) is 6.43. The lowest BCUT2D eigenvalue weighted by Crippen LogP contribution is -2.30. The smallest absolute Gasteiger partial charge is 0.269 e. The highest BCUT2D eigenvalue weighted by molar-refractivity contribution is 6.31. The molecule has 1 amide bonds. The number of non-ortho nitro benzene ring substituents is 1. The van der Waals surface area contributed by atoms with E-state index in [2.05, 4.69) is 5.32 Å². The van der Waals surface area contributed by atoms with Gasteiger partial charge in [0.1, 0.15) is 0 Å². The van der Waals surface area contributed by atoms with E-state index in [0.29, 0.717) is 17.1 Å². The molecule has 0 saturated carbocycles. The maximum absolute atomic E-state index is 12.3. The first-order valence-corrected chi connectivity index (χ1v) is 8.13. The van der Waals surface area contributed by atoms with Crippen molar-refractivity contribution in [2.45, 2.75) is 20.4 Å². The van der Waals surface area contributed by atoms with Crippen LogP contribution in [0.4, 0.5) is 11.4 Å². The zero-order chi connectivity index (χ0) is 18.6. The number of halogens is 1. The molecule has 2 aromatic carbocycles. The van der Waals surface area contributed by atoms with Crippen LogP contribution >= 0.6 is 11.6 Å². The van der Waals surface area contributed by atoms with Crippen molar-refractivity contribution in [1.29, 1.82) is 0 Å². The number of rotatable bonds is 6. The first kappa shape index (κ1) is 18.9. The molecule has 0 aliphatic heterocycles. The summed E-state index contributed by atoms with van der Waals surface area (Å²) in [6, 6.07) is 10.1. The van der Waals surface area contributed by atoms with Crippen LogP contribution in [-0.4, -0.2) is 29.3 Å². The molecule has 0 heterocycles. The van der Waals surface area contributed by atoms with E-state index in [-0.39, 0.29) is 18.1 Å². The molecule has 0 saturated heterocycles. The largest absolute Gasteiger partial charge is 0.324 e. The fourth-order valence-corrected chi connectivity index (χ4v) is 2.76. The van der Waals surface area contributed by atoms with Crippen LogP contribution in [0.15, 0.2) is 36.4 Å². The van der Waals surface area contributed by atoms with E-state index in [9.17, 15) is 14.9 Å². The number of hydrogen-bond acceptors (Lipinski definition) is 4. The number of hydrogen-bond donors (Lipinski definition) is 1. The minimum atomic E-state index is -0.465. The van der Waals surface area contributed by atoms with E-state index in [4.69, 9.17) is 11.6 Å². The van der Waals surface area contributed by atoms with E-state index in [1.165, 1.54) is 18.2 Å². The number of amides is 1. The number of carbonyl (C=O) groups is 1. The van der Waals surface area contributed by atoms with Gasteiger partial charge in [0.25, 0.3) is 5.69 Å². The van der Waals surface area contributed by atoms with Crippen LogP contribution in [0.25, 0.3) is 0 Å². The summed E-state index contributed by atoms with van der Waals surface area (Å²) in [6.45, 7) is 4.36. The van der Waals surface area contributed by atoms with Gasteiger partial charge in [-0.2, -0.15) is 0 Å². The highest BCUT2D eigenvalue weighted by Gasteiger charge is 2.14. The summed E-state index contributed by atoms with van der Waals surface area (Å²) in [4.78, 5) is 24.5. The summed E-state index contributed by atoms with van der Waals surface area (Å²) in [7, 11) is 1.76. The fourth-order valence-electron chi connectivity index (χ4n) is 2.58. The lowest BCUT2D eigenvalue weighted by atomic mass is 10.1. The summed E-state index contributed by atoms with van der Waals surface area (Å²) in [5, 5.41) is 14.2. The molecule has 2 aromatic rings. The molecular weight excluding hydrogens is 342 g/mol. The Bertz CT molecular complexity index is 788. The Morgan fingerprint density at radius 1 is 1.24 bits per heavy atom. The van der Waals surface area contributed by atoms with Crippen LogP contribution in [0.3, 0.4) is 0 Å². The molecule has 0 radical (unpaired) electrons. The van der Waals surface area contributed by atoms with Crippen LogP contribution in [0, 0.1) is 24.0 Å². The first-order chi connectivity index (χ1) is 11.8. The summed E-state index contributed by atoms with van der Waals surface area (Å²) < 4.78 is 0. The molecule has 0 atom stereocenters. The molecule has 132 valence electrons. The zero-order valence-corrected chi connectivity index (χ0v) is 15.1. The first-order valence-electron chi connectivity index (χ1n) is 7.75. The number of aryl methyl sites for hydroxylation is 2. The van der Waals surface area contributed by atoms with Gasteiger partial charge in [0, 0.05) is 29.4 Å². The van der Waals surface area contributed by atoms with Crippen molar-refractivity contribution in [2.75, 3.05) is 18.9 Å². The summed E-state index contributed by atoms with van der Waals surface area (Å²) in [5.74, 6) is -0.151. The molecule has 0 bridgehead atoms. The molecule has 0 aliphatic rings.